The monoisotopic (exact) mass is 244 g/mol. The second-order valence-electron chi connectivity index (χ2n) is 4.25. The summed E-state index contributed by atoms with van der Waals surface area (Å²) in [5.74, 6) is -0.990. The summed E-state index contributed by atoms with van der Waals surface area (Å²) in [5.41, 5.74) is -0.833. The summed E-state index contributed by atoms with van der Waals surface area (Å²) in [4.78, 5) is 22.6. The zero-order valence-corrected chi connectivity index (χ0v) is 11.0. The largest absolute Gasteiger partial charge is 0.481 e. The Labute approximate surface area is 103 Å². The van der Waals surface area contributed by atoms with Crippen LogP contribution in [0.4, 0.5) is 0 Å². The molecule has 0 aliphatic heterocycles. The molecule has 0 fully saturated rings. The van der Waals surface area contributed by atoms with Crippen molar-refractivity contribution in [2.75, 3.05) is 19.6 Å². The highest BCUT2D eigenvalue weighted by molar-refractivity contribution is 5.80. The van der Waals surface area contributed by atoms with Crippen molar-refractivity contribution >= 4 is 11.9 Å². The van der Waals surface area contributed by atoms with Gasteiger partial charge in [-0.3, -0.25) is 9.59 Å². The topological polar surface area (TPSA) is 78.4 Å². The lowest BCUT2D eigenvalue weighted by Crippen LogP contribution is -2.44. The van der Waals surface area contributed by atoms with E-state index in [1.54, 1.807) is 0 Å². The summed E-state index contributed by atoms with van der Waals surface area (Å²) in [6.07, 6.45) is 2.00. The molecule has 5 nitrogen and oxygen atoms in total. The molecule has 0 radical (unpaired) electrons. The number of carboxylic acids is 1. The van der Waals surface area contributed by atoms with E-state index in [1.807, 2.05) is 20.8 Å². The second-order valence-corrected chi connectivity index (χ2v) is 4.25. The smallest absolute Gasteiger partial charge is 0.311 e. The first kappa shape index (κ1) is 15.9. The highest BCUT2D eigenvalue weighted by Crippen LogP contribution is 2.25. The second kappa shape index (κ2) is 8.06. The molecular weight excluding hydrogens is 220 g/mol. The molecular formula is C12H24N2O3. The van der Waals surface area contributed by atoms with Gasteiger partial charge in [-0.05, 0) is 25.8 Å². The van der Waals surface area contributed by atoms with Gasteiger partial charge in [0, 0.05) is 6.54 Å². The lowest BCUT2D eigenvalue weighted by atomic mass is 9.82. The Morgan fingerprint density at radius 1 is 1.18 bits per heavy atom. The molecule has 0 rings (SSSR count). The maximum atomic E-state index is 11.5. The molecule has 3 N–H and O–H groups in total. The Kier molecular flexibility index (Phi) is 7.54. The summed E-state index contributed by atoms with van der Waals surface area (Å²) in [6.45, 7) is 6.92. The molecule has 0 saturated heterocycles. The molecule has 0 spiro atoms. The molecule has 1 amide bonds. The molecule has 0 aliphatic carbocycles. The van der Waals surface area contributed by atoms with Crippen molar-refractivity contribution < 1.29 is 14.7 Å². The van der Waals surface area contributed by atoms with Gasteiger partial charge < -0.3 is 15.7 Å². The summed E-state index contributed by atoms with van der Waals surface area (Å²) in [7, 11) is 0. The molecule has 0 aromatic heterocycles. The van der Waals surface area contributed by atoms with Crippen molar-refractivity contribution in [1.82, 2.24) is 10.6 Å². The molecule has 0 atom stereocenters. The van der Waals surface area contributed by atoms with Gasteiger partial charge in [-0.2, -0.15) is 0 Å². The van der Waals surface area contributed by atoms with Gasteiger partial charge in [0.15, 0.2) is 0 Å². The Hall–Kier alpha value is -1.10. The van der Waals surface area contributed by atoms with E-state index in [0.29, 0.717) is 12.8 Å². The standard InChI is InChI=1S/C12H24N2O3/c1-4-7-13-8-10(15)14-9-12(5-2,6-3)11(16)17/h13H,4-9H2,1-3H3,(H,14,15)(H,16,17). The minimum atomic E-state index is -0.843. The van der Waals surface area contributed by atoms with Crippen LogP contribution in [-0.4, -0.2) is 36.6 Å². The van der Waals surface area contributed by atoms with E-state index in [4.69, 9.17) is 0 Å². The van der Waals surface area contributed by atoms with E-state index in [2.05, 4.69) is 10.6 Å². The van der Waals surface area contributed by atoms with E-state index in [0.717, 1.165) is 13.0 Å². The van der Waals surface area contributed by atoms with Gasteiger partial charge in [0.25, 0.3) is 0 Å². The van der Waals surface area contributed by atoms with Gasteiger partial charge in [0.1, 0.15) is 0 Å². The normalized spacial score (nSPS) is 11.2. The van der Waals surface area contributed by atoms with Crippen LogP contribution >= 0.6 is 0 Å². The van der Waals surface area contributed by atoms with E-state index >= 15 is 0 Å². The number of carbonyl (C=O) groups excluding carboxylic acids is 1. The number of aliphatic carboxylic acids is 1. The van der Waals surface area contributed by atoms with Crippen LogP contribution in [0.2, 0.25) is 0 Å². The van der Waals surface area contributed by atoms with E-state index in [1.165, 1.54) is 0 Å². The van der Waals surface area contributed by atoms with Crippen molar-refractivity contribution in [2.45, 2.75) is 40.0 Å². The third kappa shape index (κ3) is 5.17. The predicted molar refractivity (Wildman–Crippen MR) is 66.8 cm³/mol. The first-order valence-electron chi connectivity index (χ1n) is 6.23. The molecule has 17 heavy (non-hydrogen) atoms. The summed E-state index contributed by atoms with van der Waals surface area (Å²) >= 11 is 0. The van der Waals surface area contributed by atoms with Crippen LogP contribution in [0.1, 0.15) is 40.0 Å². The maximum Gasteiger partial charge on any atom is 0.311 e. The molecule has 0 aromatic rings. The van der Waals surface area contributed by atoms with Gasteiger partial charge >= 0.3 is 5.97 Å². The highest BCUT2D eigenvalue weighted by Gasteiger charge is 2.34. The SMILES string of the molecule is CCCNCC(=O)NCC(CC)(CC)C(=O)O. The molecule has 0 bridgehead atoms. The minimum Gasteiger partial charge on any atom is -0.481 e. The number of carboxylic acid groups (broad SMARTS) is 1. The Balaban J connectivity index is 4.13. The molecule has 0 aliphatic rings. The third-order valence-electron chi connectivity index (χ3n) is 3.14. The van der Waals surface area contributed by atoms with Gasteiger partial charge in [-0.25, -0.2) is 0 Å². The Morgan fingerprint density at radius 2 is 1.76 bits per heavy atom. The van der Waals surface area contributed by atoms with Crippen molar-refractivity contribution in [3.63, 3.8) is 0 Å². The summed E-state index contributed by atoms with van der Waals surface area (Å²) in [6, 6.07) is 0. The average Bonchev–Trinajstić information content (AvgIpc) is 2.31. The van der Waals surface area contributed by atoms with Gasteiger partial charge in [-0.1, -0.05) is 20.8 Å². The summed E-state index contributed by atoms with van der Waals surface area (Å²) in [5, 5.41) is 14.8. The van der Waals surface area contributed by atoms with E-state index in [-0.39, 0.29) is 19.0 Å². The number of rotatable bonds is 9. The molecule has 0 heterocycles. The molecule has 0 aromatic carbocycles. The van der Waals surface area contributed by atoms with Crippen molar-refractivity contribution in [1.29, 1.82) is 0 Å². The number of amides is 1. The first-order chi connectivity index (χ1) is 8.02. The molecule has 0 unspecified atom stereocenters. The zero-order chi connectivity index (χ0) is 13.3. The van der Waals surface area contributed by atoms with E-state index in [9.17, 15) is 14.7 Å². The van der Waals surface area contributed by atoms with Gasteiger partial charge in [0.05, 0.1) is 12.0 Å². The summed E-state index contributed by atoms with van der Waals surface area (Å²) < 4.78 is 0. The van der Waals surface area contributed by atoms with Crippen molar-refractivity contribution in [3.8, 4) is 0 Å². The fourth-order valence-corrected chi connectivity index (χ4v) is 1.59. The number of hydrogen-bond donors (Lipinski definition) is 3. The van der Waals surface area contributed by atoms with Crippen LogP contribution in [0, 0.1) is 5.41 Å². The third-order valence-corrected chi connectivity index (χ3v) is 3.14. The minimum absolute atomic E-state index is 0.147. The molecule has 0 saturated carbocycles. The number of hydrogen-bond acceptors (Lipinski definition) is 3. The fourth-order valence-electron chi connectivity index (χ4n) is 1.59. The lowest BCUT2D eigenvalue weighted by Gasteiger charge is -2.26. The maximum absolute atomic E-state index is 11.5. The predicted octanol–water partition coefficient (Wildman–Crippen LogP) is 0.993. The highest BCUT2D eigenvalue weighted by atomic mass is 16.4. The van der Waals surface area contributed by atoms with Gasteiger partial charge in [-0.15, -0.1) is 0 Å². The van der Waals surface area contributed by atoms with Crippen LogP contribution in [-0.2, 0) is 9.59 Å². The first-order valence-corrected chi connectivity index (χ1v) is 6.23. The number of carbonyl (C=O) groups is 2. The van der Waals surface area contributed by atoms with Gasteiger partial charge in [0.2, 0.25) is 5.91 Å². The lowest BCUT2D eigenvalue weighted by molar-refractivity contribution is -0.149. The average molecular weight is 244 g/mol. The van der Waals surface area contributed by atoms with Crippen LogP contribution in [0.3, 0.4) is 0 Å². The van der Waals surface area contributed by atoms with Crippen LogP contribution in [0.25, 0.3) is 0 Å². The fraction of sp³-hybridized carbons (Fsp3) is 0.833. The zero-order valence-electron chi connectivity index (χ0n) is 11.0. The molecule has 100 valence electrons. The van der Waals surface area contributed by atoms with Crippen LogP contribution < -0.4 is 10.6 Å². The molecule has 5 heteroatoms. The van der Waals surface area contributed by atoms with Crippen LogP contribution in [0.5, 0.6) is 0 Å². The van der Waals surface area contributed by atoms with Crippen LogP contribution in [0.15, 0.2) is 0 Å². The Bertz CT molecular complexity index is 250. The number of nitrogens with one attached hydrogen (secondary N) is 2. The Morgan fingerprint density at radius 3 is 2.18 bits per heavy atom. The van der Waals surface area contributed by atoms with E-state index < -0.39 is 11.4 Å². The quantitative estimate of drug-likeness (QED) is 0.529. The van der Waals surface area contributed by atoms with Crippen molar-refractivity contribution in [2.24, 2.45) is 5.41 Å². The van der Waals surface area contributed by atoms with Crippen molar-refractivity contribution in [3.05, 3.63) is 0 Å².